The normalized spacial score (nSPS) is 28.3. The molecule has 0 saturated carbocycles. The van der Waals surface area contributed by atoms with Crippen LogP contribution in [0.2, 0.25) is 0 Å². The van der Waals surface area contributed by atoms with Crippen LogP contribution in [0.4, 0.5) is 13.2 Å². The van der Waals surface area contributed by atoms with Crippen molar-refractivity contribution in [1.82, 2.24) is 0 Å². The van der Waals surface area contributed by atoms with Crippen molar-refractivity contribution in [1.29, 1.82) is 0 Å². The maximum atomic E-state index is 12.6. The molecule has 1 fully saturated rings. The molecule has 1 saturated heterocycles. The van der Waals surface area contributed by atoms with Gasteiger partial charge in [-0.05, 0) is 0 Å². The monoisotopic (exact) mass is 438 g/mol. The van der Waals surface area contributed by atoms with Gasteiger partial charge in [-0.2, -0.15) is 21.6 Å². The van der Waals surface area contributed by atoms with Gasteiger partial charge in [-0.1, -0.05) is 0 Å². The van der Waals surface area contributed by atoms with Gasteiger partial charge in [0.05, 0.1) is 0 Å². The Morgan fingerprint density at radius 3 is 1.89 bits per heavy atom. The highest BCUT2D eigenvalue weighted by molar-refractivity contribution is 7.87. The number of carbonyl (C=O) groups excluding carboxylic acids is 3. The van der Waals surface area contributed by atoms with Gasteiger partial charge >= 0.3 is 33.5 Å². The molecule has 1 unspecified atom stereocenters. The number of alkyl halides is 3. The fourth-order valence-electron chi connectivity index (χ4n) is 2.19. The Morgan fingerprint density at radius 2 is 1.46 bits per heavy atom. The minimum atomic E-state index is -6.25. The molecule has 0 aromatic carbocycles. The number of halogens is 3. The number of esters is 3. The van der Waals surface area contributed by atoms with Crippen molar-refractivity contribution in [3.05, 3.63) is 0 Å². The molecule has 0 radical (unpaired) electrons. The van der Waals surface area contributed by atoms with Crippen LogP contribution < -0.4 is 0 Å². The summed E-state index contributed by atoms with van der Waals surface area (Å²) in [5.41, 5.74) is -5.86. The molecule has 1 aliphatic heterocycles. The predicted molar refractivity (Wildman–Crippen MR) is 78.5 cm³/mol. The first kappa shape index (κ1) is 24.1. The van der Waals surface area contributed by atoms with E-state index in [1.54, 1.807) is 0 Å². The van der Waals surface area contributed by atoms with E-state index in [2.05, 4.69) is 8.92 Å². The molecule has 28 heavy (non-hydrogen) atoms. The molecule has 0 aromatic rings. The highest BCUT2D eigenvalue weighted by Crippen LogP contribution is 2.33. The van der Waals surface area contributed by atoms with Crippen LogP contribution in [-0.4, -0.2) is 74.3 Å². The predicted octanol–water partition coefficient (Wildman–Crippen LogP) is -0.635. The average Bonchev–Trinajstić information content (AvgIpc) is 2.49. The van der Waals surface area contributed by atoms with Gasteiger partial charge < -0.3 is 24.1 Å². The Hall–Kier alpha value is -1.97. The summed E-state index contributed by atoms with van der Waals surface area (Å²) in [4.78, 5) is 33.6. The summed E-state index contributed by atoms with van der Waals surface area (Å²) in [7, 11) is -6.25. The third-order valence-corrected chi connectivity index (χ3v) is 4.23. The van der Waals surface area contributed by atoms with E-state index < -0.39 is 70.8 Å². The molecule has 11 nitrogen and oxygen atoms in total. The quantitative estimate of drug-likeness (QED) is 0.244. The van der Waals surface area contributed by atoms with Crippen molar-refractivity contribution in [2.75, 3.05) is 6.61 Å². The van der Waals surface area contributed by atoms with Crippen molar-refractivity contribution < 1.29 is 64.2 Å². The summed E-state index contributed by atoms with van der Waals surface area (Å²) in [6.45, 7) is 2.05. The van der Waals surface area contributed by atoms with Crippen LogP contribution in [0.3, 0.4) is 0 Å². The van der Waals surface area contributed by atoms with E-state index in [4.69, 9.17) is 14.2 Å². The Labute approximate surface area is 156 Å². The molecular formula is C13H17F3O11S. The van der Waals surface area contributed by atoms with Gasteiger partial charge in [0.2, 0.25) is 0 Å². The smallest absolute Gasteiger partial charge is 0.463 e. The number of ether oxygens (including phenoxy) is 4. The van der Waals surface area contributed by atoms with E-state index in [0.717, 1.165) is 20.8 Å². The topological polar surface area (TPSA) is 152 Å². The number of hydrogen-bond donors (Lipinski definition) is 1. The van der Waals surface area contributed by atoms with Crippen molar-refractivity contribution in [3.8, 4) is 0 Å². The van der Waals surface area contributed by atoms with Gasteiger partial charge in [0.1, 0.15) is 12.7 Å². The molecule has 1 N–H and O–H groups in total. The second-order valence-corrected chi connectivity index (χ2v) is 7.04. The Kier molecular flexibility index (Phi) is 7.75. The fraction of sp³-hybridized carbons (Fsp3) is 0.769. The molecule has 1 heterocycles. The number of rotatable bonds is 6. The maximum Gasteiger partial charge on any atom is 0.523 e. The molecule has 162 valence electrons. The lowest BCUT2D eigenvalue weighted by Crippen LogP contribution is -2.62. The zero-order chi connectivity index (χ0) is 21.9. The molecule has 0 spiro atoms. The van der Waals surface area contributed by atoms with Crippen LogP contribution in [-0.2, 0) is 47.6 Å². The molecule has 5 atom stereocenters. The van der Waals surface area contributed by atoms with Crippen LogP contribution in [0.25, 0.3) is 0 Å². The van der Waals surface area contributed by atoms with Gasteiger partial charge in [-0.25, -0.2) is 0 Å². The Morgan fingerprint density at radius 1 is 0.964 bits per heavy atom. The minimum absolute atomic E-state index is 0.666. The highest BCUT2D eigenvalue weighted by Gasteiger charge is 2.56. The van der Waals surface area contributed by atoms with Crippen molar-refractivity contribution in [3.63, 3.8) is 0 Å². The third kappa shape index (κ3) is 6.29. The van der Waals surface area contributed by atoms with Crippen molar-refractivity contribution in [2.24, 2.45) is 0 Å². The Bertz CT molecular complexity index is 705. The summed E-state index contributed by atoms with van der Waals surface area (Å²) in [6.07, 6.45) is -10.1. The number of aliphatic hydroxyl groups is 1. The van der Waals surface area contributed by atoms with Gasteiger partial charge in [0, 0.05) is 20.8 Å². The lowest BCUT2D eigenvalue weighted by molar-refractivity contribution is -0.288. The van der Waals surface area contributed by atoms with Gasteiger partial charge in [-0.15, -0.1) is 0 Å². The first-order valence-corrected chi connectivity index (χ1v) is 8.87. The van der Waals surface area contributed by atoms with Crippen molar-refractivity contribution >= 4 is 28.0 Å². The lowest BCUT2D eigenvalue weighted by atomic mass is 9.98. The standard InChI is InChI=1S/C13H17F3O11S/c1-5(17)23-4-8-9(24-6(2)18)10(25-7(3)19)11(12(20)26-8)27-28(21,22)13(14,15)16/h8-12,20H,4H2,1-3H3/t8-,9-,10+,11+,12?/m1/s1. The van der Waals surface area contributed by atoms with Gasteiger partial charge in [-0.3, -0.25) is 18.6 Å². The first-order chi connectivity index (χ1) is 12.7. The zero-order valence-corrected chi connectivity index (χ0v) is 15.5. The third-order valence-electron chi connectivity index (χ3n) is 3.19. The lowest BCUT2D eigenvalue weighted by Gasteiger charge is -2.42. The first-order valence-electron chi connectivity index (χ1n) is 7.46. The molecule has 0 aliphatic carbocycles. The summed E-state index contributed by atoms with van der Waals surface area (Å²) < 4.78 is 83.5. The van der Waals surface area contributed by atoms with Gasteiger partial charge in [0.15, 0.2) is 24.6 Å². The summed E-state index contributed by atoms with van der Waals surface area (Å²) in [5, 5.41) is 9.92. The maximum absolute atomic E-state index is 12.6. The summed E-state index contributed by atoms with van der Waals surface area (Å²) >= 11 is 0. The minimum Gasteiger partial charge on any atom is -0.463 e. The second-order valence-electron chi connectivity index (χ2n) is 5.48. The van der Waals surface area contributed by atoms with Crippen LogP contribution in [0, 0.1) is 0 Å². The van der Waals surface area contributed by atoms with E-state index in [1.807, 2.05) is 0 Å². The largest absolute Gasteiger partial charge is 0.523 e. The SMILES string of the molecule is CC(=O)OC[C@H]1OC(O)[C@@H](OS(=O)(=O)C(F)(F)F)[C@@H](OC(C)=O)[C@@H]1OC(C)=O. The van der Waals surface area contributed by atoms with Crippen LogP contribution in [0.15, 0.2) is 0 Å². The average molecular weight is 438 g/mol. The number of carbonyl (C=O) groups is 3. The van der Waals surface area contributed by atoms with Crippen LogP contribution in [0.5, 0.6) is 0 Å². The molecule has 15 heteroatoms. The van der Waals surface area contributed by atoms with E-state index in [1.165, 1.54) is 0 Å². The second kappa shape index (κ2) is 9.02. The molecule has 0 bridgehead atoms. The number of hydrogen-bond acceptors (Lipinski definition) is 11. The fourth-order valence-corrected chi connectivity index (χ4v) is 2.80. The summed E-state index contributed by atoms with van der Waals surface area (Å²) in [5.74, 6) is -2.96. The van der Waals surface area contributed by atoms with E-state index in [0.29, 0.717) is 0 Å². The van der Waals surface area contributed by atoms with Crippen molar-refractivity contribution in [2.45, 2.75) is 57.0 Å². The molecule has 0 amide bonds. The Balaban J connectivity index is 3.29. The zero-order valence-electron chi connectivity index (χ0n) is 14.7. The van der Waals surface area contributed by atoms with E-state index in [-0.39, 0.29) is 0 Å². The van der Waals surface area contributed by atoms with Crippen LogP contribution in [0.1, 0.15) is 20.8 Å². The molecule has 1 aliphatic rings. The van der Waals surface area contributed by atoms with Crippen LogP contribution >= 0.6 is 0 Å². The molecule has 1 rings (SSSR count). The molecule has 0 aromatic heterocycles. The van der Waals surface area contributed by atoms with E-state index in [9.17, 15) is 41.1 Å². The molecular weight excluding hydrogens is 421 g/mol. The number of aliphatic hydroxyl groups excluding tert-OH is 1. The van der Waals surface area contributed by atoms with E-state index >= 15 is 0 Å². The van der Waals surface area contributed by atoms with Gasteiger partial charge in [0.25, 0.3) is 0 Å². The highest BCUT2D eigenvalue weighted by atomic mass is 32.2. The summed E-state index contributed by atoms with van der Waals surface area (Å²) in [6, 6.07) is 0.